The van der Waals surface area contributed by atoms with E-state index in [1.54, 1.807) is 12.1 Å². The Balaban J connectivity index is 1.79. The number of H-pyrrole nitrogens is 1. The monoisotopic (exact) mass is 314 g/mol. The molecule has 0 fully saturated rings. The van der Waals surface area contributed by atoms with Crippen LogP contribution in [-0.4, -0.2) is 22.1 Å². The molecule has 2 N–H and O–H groups in total. The first-order valence-electron chi connectivity index (χ1n) is 6.24. The lowest BCUT2D eigenvalue weighted by molar-refractivity contribution is 0.0949. The maximum atomic E-state index is 12.0. The van der Waals surface area contributed by atoms with E-state index in [1.165, 1.54) is 29.9 Å². The highest BCUT2D eigenvalue weighted by molar-refractivity contribution is 7.13. The first-order valence-corrected chi connectivity index (χ1v) is 7.12. The van der Waals surface area contributed by atoms with E-state index in [0.717, 1.165) is 4.88 Å². The van der Waals surface area contributed by atoms with E-state index in [0.29, 0.717) is 11.5 Å². The van der Waals surface area contributed by atoms with Gasteiger partial charge < -0.3 is 9.40 Å². The number of carbonyl (C=O) groups excluding carboxylic acids is 1. The molecule has 0 saturated heterocycles. The van der Waals surface area contributed by atoms with E-state index in [1.807, 2.05) is 17.5 Å². The molecule has 0 unspecified atom stereocenters. The Morgan fingerprint density at radius 3 is 3.05 bits per heavy atom. The lowest BCUT2D eigenvalue weighted by atomic mass is 10.3. The van der Waals surface area contributed by atoms with Crippen LogP contribution in [0.3, 0.4) is 0 Å². The Hall–Kier alpha value is -3.00. The second-order valence-electron chi connectivity index (χ2n) is 4.18. The predicted molar refractivity (Wildman–Crippen MR) is 81.9 cm³/mol. The molecule has 3 rings (SSSR count). The number of aromatic nitrogens is 2. The molecule has 0 saturated carbocycles. The number of thiophene rings is 1. The maximum absolute atomic E-state index is 12.0. The van der Waals surface area contributed by atoms with Crippen molar-refractivity contribution in [3.63, 3.8) is 0 Å². The van der Waals surface area contributed by atoms with Gasteiger partial charge in [-0.15, -0.1) is 11.3 Å². The molecule has 3 aromatic heterocycles. The van der Waals surface area contributed by atoms with E-state index >= 15 is 0 Å². The molecule has 3 aromatic rings. The molecule has 0 spiro atoms. The van der Waals surface area contributed by atoms with Crippen LogP contribution in [0.15, 0.2) is 56.3 Å². The average Bonchev–Trinajstić information content (AvgIpc) is 3.20. The fraction of sp³-hybridized carbons (Fsp3) is 0. The highest BCUT2D eigenvalue weighted by atomic mass is 32.1. The van der Waals surface area contributed by atoms with E-state index < -0.39 is 11.6 Å². The quantitative estimate of drug-likeness (QED) is 0.567. The molecule has 8 heteroatoms. The maximum Gasteiger partial charge on any atom is 0.346 e. The highest BCUT2D eigenvalue weighted by Crippen LogP contribution is 2.21. The summed E-state index contributed by atoms with van der Waals surface area (Å²) in [5.41, 5.74) is 2.23. The summed E-state index contributed by atoms with van der Waals surface area (Å²) in [4.78, 5) is 30.6. The minimum absolute atomic E-state index is 0.0104. The zero-order valence-electron chi connectivity index (χ0n) is 11.1. The molecule has 0 aliphatic rings. The highest BCUT2D eigenvalue weighted by Gasteiger charge is 2.10. The summed E-state index contributed by atoms with van der Waals surface area (Å²) in [6, 6.07) is 8.59. The van der Waals surface area contributed by atoms with Crippen molar-refractivity contribution in [3.8, 4) is 10.6 Å². The molecular weight excluding hydrogens is 304 g/mol. The minimum atomic E-state index is -0.592. The van der Waals surface area contributed by atoms with Gasteiger partial charge in [-0.25, -0.2) is 10.2 Å². The minimum Gasteiger partial charge on any atom is -0.463 e. The Kier molecular flexibility index (Phi) is 3.92. The molecule has 0 aliphatic heterocycles. The Labute approximate surface area is 128 Å². The van der Waals surface area contributed by atoms with Crippen molar-refractivity contribution in [2.24, 2.45) is 5.10 Å². The molecule has 22 heavy (non-hydrogen) atoms. The molecule has 0 bridgehead atoms. The van der Waals surface area contributed by atoms with Gasteiger partial charge in [-0.05, 0) is 29.6 Å². The first kappa shape index (κ1) is 14.0. The third-order valence-electron chi connectivity index (χ3n) is 2.66. The number of aromatic amines is 1. The van der Waals surface area contributed by atoms with Crippen LogP contribution in [0.2, 0.25) is 0 Å². The molecule has 0 aromatic carbocycles. The van der Waals surface area contributed by atoms with E-state index in [9.17, 15) is 9.59 Å². The van der Waals surface area contributed by atoms with Crippen LogP contribution in [0.4, 0.5) is 0 Å². The first-order chi connectivity index (χ1) is 10.7. The second-order valence-corrected chi connectivity index (χ2v) is 5.12. The fourth-order valence-corrected chi connectivity index (χ4v) is 2.41. The summed E-state index contributed by atoms with van der Waals surface area (Å²) in [6.45, 7) is 0. The molecular formula is C14H10N4O3S. The van der Waals surface area contributed by atoms with Gasteiger partial charge in [0.2, 0.25) is 0 Å². The number of rotatable bonds is 4. The van der Waals surface area contributed by atoms with Gasteiger partial charge >= 0.3 is 5.69 Å². The molecule has 0 atom stereocenters. The van der Waals surface area contributed by atoms with Gasteiger partial charge in [0, 0.05) is 0 Å². The summed E-state index contributed by atoms with van der Waals surface area (Å²) in [7, 11) is 0. The lowest BCUT2D eigenvalue weighted by Gasteiger charge is -2.01. The SMILES string of the molecule is O=C(N/N=C/c1ccco1)c1cc(-c2cccs2)[nH]c(=O)n1. The Morgan fingerprint density at radius 1 is 1.41 bits per heavy atom. The summed E-state index contributed by atoms with van der Waals surface area (Å²) >= 11 is 1.45. The van der Waals surface area contributed by atoms with E-state index in [-0.39, 0.29) is 5.69 Å². The van der Waals surface area contributed by atoms with Crippen LogP contribution < -0.4 is 11.1 Å². The number of nitrogens with one attached hydrogen (secondary N) is 2. The number of hydrogen-bond donors (Lipinski definition) is 2. The summed E-state index contributed by atoms with van der Waals surface area (Å²) in [6.07, 6.45) is 2.85. The van der Waals surface area contributed by atoms with Crippen molar-refractivity contribution in [1.82, 2.24) is 15.4 Å². The van der Waals surface area contributed by atoms with Crippen molar-refractivity contribution >= 4 is 23.5 Å². The number of carbonyl (C=O) groups is 1. The molecule has 110 valence electrons. The third kappa shape index (κ3) is 3.18. The number of amides is 1. The molecule has 1 amide bonds. The van der Waals surface area contributed by atoms with Crippen molar-refractivity contribution in [1.29, 1.82) is 0 Å². The second kappa shape index (κ2) is 6.19. The van der Waals surface area contributed by atoms with Gasteiger partial charge in [-0.1, -0.05) is 6.07 Å². The molecule has 7 nitrogen and oxygen atoms in total. The van der Waals surface area contributed by atoms with Crippen LogP contribution >= 0.6 is 11.3 Å². The Morgan fingerprint density at radius 2 is 2.32 bits per heavy atom. The van der Waals surface area contributed by atoms with Gasteiger partial charge in [0.1, 0.15) is 11.5 Å². The van der Waals surface area contributed by atoms with Gasteiger partial charge in [-0.2, -0.15) is 10.1 Å². The summed E-state index contributed by atoms with van der Waals surface area (Å²) in [5.74, 6) is -0.0786. The van der Waals surface area contributed by atoms with Gasteiger partial charge in [0.25, 0.3) is 5.91 Å². The van der Waals surface area contributed by atoms with Crippen molar-refractivity contribution < 1.29 is 9.21 Å². The summed E-state index contributed by atoms with van der Waals surface area (Å²) in [5, 5.41) is 5.62. The zero-order chi connectivity index (χ0) is 15.4. The average molecular weight is 314 g/mol. The van der Waals surface area contributed by atoms with Crippen LogP contribution in [0, 0.1) is 0 Å². The topological polar surface area (TPSA) is 100 Å². The Bertz CT molecular complexity index is 851. The molecule has 0 aliphatic carbocycles. The van der Waals surface area contributed by atoms with Crippen molar-refractivity contribution in [3.05, 3.63) is 63.9 Å². The third-order valence-corrected chi connectivity index (χ3v) is 3.57. The zero-order valence-corrected chi connectivity index (χ0v) is 12.0. The number of hydrogen-bond acceptors (Lipinski definition) is 6. The lowest BCUT2D eigenvalue weighted by Crippen LogP contribution is -2.24. The van der Waals surface area contributed by atoms with Crippen molar-refractivity contribution in [2.45, 2.75) is 0 Å². The smallest absolute Gasteiger partial charge is 0.346 e. The number of hydrazone groups is 1. The van der Waals surface area contributed by atoms with Crippen LogP contribution in [-0.2, 0) is 0 Å². The van der Waals surface area contributed by atoms with Gasteiger partial charge in [-0.3, -0.25) is 4.79 Å². The van der Waals surface area contributed by atoms with E-state index in [4.69, 9.17) is 4.42 Å². The van der Waals surface area contributed by atoms with Crippen molar-refractivity contribution in [2.75, 3.05) is 0 Å². The molecule has 3 heterocycles. The largest absolute Gasteiger partial charge is 0.463 e. The normalized spacial score (nSPS) is 10.9. The summed E-state index contributed by atoms with van der Waals surface area (Å²) < 4.78 is 5.04. The van der Waals surface area contributed by atoms with Crippen LogP contribution in [0.1, 0.15) is 16.2 Å². The van der Waals surface area contributed by atoms with Gasteiger partial charge in [0.05, 0.1) is 23.0 Å². The number of nitrogens with zero attached hydrogens (tertiary/aromatic N) is 2. The van der Waals surface area contributed by atoms with Gasteiger partial charge in [0.15, 0.2) is 0 Å². The number of furan rings is 1. The van der Waals surface area contributed by atoms with Crippen LogP contribution in [0.5, 0.6) is 0 Å². The predicted octanol–water partition coefficient (Wildman–Crippen LogP) is 1.86. The standard InChI is InChI=1S/C14H10N4O3S/c19-13(18-15-8-9-3-1-5-21-9)11-7-10(16-14(20)17-11)12-4-2-6-22-12/h1-8H,(H,18,19)(H,16,17,20)/b15-8+. The van der Waals surface area contributed by atoms with Crippen LogP contribution in [0.25, 0.3) is 10.6 Å². The fourth-order valence-electron chi connectivity index (χ4n) is 1.72. The molecule has 0 radical (unpaired) electrons. The van der Waals surface area contributed by atoms with E-state index in [2.05, 4.69) is 20.5 Å².